The van der Waals surface area contributed by atoms with Crippen LogP contribution in [0.1, 0.15) is 24.0 Å². The normalized spacial score (nSPS) is 31.2. The molecule has 3 nitrogen and oxygen atoms in total. The molecule has 0 spiro atoms. The van der Waals surface area contributed by atoms with E-state index in [1.165, 1.54) is 5.56 Å². The highest BCUT2D eigenvalue weighted by molar-refractivity contribution is 8.00. The van der Waals surface area contributed by atoms with Crippen LogP contribution in [0.3, 0.4) is 0 Å². The van der Waals surface area contributed by atoms with Gasteiger partial charge >= 0.3 is 0 Å². The van der Waals surface area contributed by atoms with E-state index in [0.29, 0.717) is 0 Å². The molecule has 1 radical (unpaired) electrons. The molecule has 0 saturated carbocycles. The Labute approximate surface area is 134 Å². The summed E-state index contributed by atoms with van der Waals surface area (Å²) in [5.74, 6) is 0.636. The van der Waals surface area contributed by atoms with Crippen molar-refractivity contribution in [2.24, 2.45) is 0 Å². The molecule has 2 aliphatic heterocycles. The molecule has 0 amide bonds. The van der Waals surface area contributed by atoms with Gasteiger partial charge in [-0.05, 0) is 17.5 Å². The number of thioether (sulfide) groups is 1. The number of hydrogen-bond donors (Lipinski definition) is 0. The smallest absolute Gasteiger partial charge is 0.242 e. The van der Waals surface area contributed by atoms with Crippen LogP contribution in [0.5, 0.6) is 0 Å². The lowest BCUT2D eigenvalue weighted by Gasteiger charge is -2.34. The molecule has 4 unspecified atom stereocenters. The number of ketones is 1. The molecule has 0 aromatic heterocycles. The first-order chi connectivity index (χ1) is 10.2. The number of hydrogen-bond acceptors (Lipinski definition) is 5. The van der Waals surface area contributed by atoms with Crippen molar-refractivity contribution in [1.82, 2.24) is 4.90 Å². The lowest BCUT2D eigenvalue weighted by Crippen LogP contribution is -2.53. The Balaban J connectivity index is 1.94. The van der Waals surface area contributed by atoms with Crippen molar-refractivity contribution in [3.05, 3.63) is 35.4 Å². The molecule has 5 heteroatoms. The highest BCUT2D eigenvalue weighted by Gasteiger charge is 2.48. The maximum atomic E-state index is 12.8. The molecule has 2 heterocycles. The predicted octanol–water partition coefficient (Wildman–Crippen LogP) is 2.14. The van der Waals surface area contributed by atoms with Crippen LogP contribution in [-0.4, -0.2) is 45.5 Å². The lowest BCUT2D eigenvalue weighted by molar-refractivity contribution is -0.124. The Morgan fingerprint density at radius 1 is 1.43 bits per heavy atom. The SMILES string of the molecule is CCc1ccc(C2C(=O)C(C(=S)[C]=O)N3CSC2C3)cc1. The van der Waals surface area contributed by atoms with Gasteiger partial charge in [-0.3, -0.25) is 14.5 Å². The van der Waals surface area contributed by atoms with Gasteiger partial charge in [0.25, 0.3) is 0 Å². The van der Waals surface area contributed by atoms with Crippen molar-refractivity contribution >= 4 is 40.9 Å². The maximum absolute atomic E-state index is 12.8. The number of fused-ring (bicyclic) bond motifs is 2. The molecule has 109 valence electrons. The zero-order valence-electron chi connectivity index (χ0n) is 11.7. The molecule has 2 bridgehead atoms. The first kappa shape index (κ1) is 14.9. The van der Waals surface area contributed by atoms with Gasteiger partial charge in [-0.25, -0.2) is 0 Å². The molecule has 3 rings (SSSR count). The monoisotopic (exact) mass is 318 g/mol. The van der Waals surface area contributed by atoms with Crippen molar-refractivity contribution in [1.29, 1.82) is 0 Å². The summed E-state index contributed by atoms with van der Waals surface area (Å²) in [6, 6.07) is 7.67. The van der Waals surface area contributed by atoms with Crippen molar-refractivity contribution in [3.63, 3.8) is 0 Å². The Hall–Kier alpha value is -1.04. The van der Waals surface area contributed by atoms with Gasteiger partial charge in [0.1, 0.15) is 6.04 Å². The molecule has 21 heavy (non-hydrogen) atoms. The first-order valence-electron chi connectivity index (χ1n) is 7.06. The van der Waals surface area contributed by atoms with Crippen molar-refractivity contribution < 1.29 is 9.59 Å². The van der Waals surface area contributed by atoms with Crippen LogP contribution in [-0.2, 0) is 16.0 Å². The van der Waals surface area contributed by atoms with Gasteiger partial charge in [0, 0.05) is 17.7 Å². The third-order valence-electron chi connectivity index (χ3n) is 4.28. The van der Waals surface area contributed by atoms with Crippen LogP contribution in [0.25, 0.3) is 0 Å². The van der Waals surface area contributed by atoms with Crippen molar-refractivity contribution in [2.45, 2.75) is 30.6 Å². The number of carbonyl (C=O) groups is 1. The summed E-state index contributed by atoms with van der Waals surface area (Å²) >= 11 is 6.84. The molecule has 0 aliphatic carbocycles. The predicted molar refractivity (Wildman–Crippen MR) is 88.6 cm³/mol. The standard InChI is InChI=1S/C16H16NO2S2/c1-2-10-3-5-11(6-4-10)14-13-7-17(9-21-13)15(16(14)19)12(20)8-18/h3-6,13-15H,2,7,9H2,1H3. The van der Waals surface area contributed by atoms with Crippen molar-refractivity contribution in [3.8, 4) is 0 Å². The van der Waals surface area contributed by atoms with E-state index in [9.17, 15) is 9.59 Å². The summed E-state index contributed by atoms with van der Waals surface area (Å²) < 4.78 is 0. The van der Waals surface area contributed by atoms with Crippen LogP contribution in [0.2, 0.25) is 0 Å². The number of rotatable bonds is 4. The second-order valence-electron chi connectivity index (χ2n) is 5.45. The fourth-order valence-electron chi connectivity index (χ4n) is 3.13. The maximum Gasteiger partial charge on any atom is 0.242 e. The molecule has 4 atom stereocenters. The molecule has 2 fully saturated rings. The second-order valence-corrected chi connectivity index (χ2v) is 7.09. The minimum Gasteiger partial charge on any atom is -0.297 e. The summed E-state index contributed by atoms with van der Waals surface area (Å²) in [5.41, 5.74) is 2.30. The Morgan fingerprint density at radius 2 is 2.14 bits per heavy atom. The number of carbonyl (C=O) groups excluding carboxylic acids is 2. The van der Waals surface area contributed by atoms with Gasteiger partial charge in [0.05, 0.1) is 10.8 Å². The molecule has 1 aromatic carbocycles. The fourth-order valence-corrected chi connectivity index (χ4v) is 4.82. The lowest BCUT2D eigenvalue weighted by atomic mass is 9.82. The summed E-state index contributed by atoms with van der Waals surface area (Å²) in [6.45, 7) is 2.92. The molecule has 0 N–H and O–H groups in total. The minimum absolute atomic E-state index is 0.0499. The zero-order valence-corrected chi connectivity index (χ0v) is 13.4. The van der Waals surface area contributed by atoms with Gasteiger partial charge in [-0.15, -0.1) is 11.8 Å². The van der Waals surface area contributed by atoms with Gasteiger partial charge in [-0.2, -0.15) is 0 Å². The van der Waals surface area contributed by atoms with E-state index < -0.39 is 6.04 Å². The highest BCUT2D eigenvalue weighted by Crippen LogP contribution is 2.42. The molecular formula is C16H16NO2S2. The van der Waals surface area contributed by atoms with Crippen LogP contribution in [0.4, 0.5) is 0 Å². The number of nitrogens with zero attached hydrogens (tertiary/aromatic N) is 1. The highest BCUT2D eigenvalue weighted by atomic mass is 32.2. The Bertz CT molecular complexity index is 584. The summed E-state index contributed by atoms with van der Waals surface area (Å²) in [4.78, 5) is 25.8. The van der Waals surface area contributed by atoms with E-state index in [4.69, 9.17) is 12.2 Å². The number of Topliss-reactive ketones (excluding diaryl/α,β-unsaturated/α-hetero) is 1. The van der Waals surface area contributed by atoms with E-state index in [1.807, 2.05) is 17.0 Å². The Kier molecular flexibility index (Phi) is 4.24. The zero-order chi connectivity index (χ0) is 15.0. The largest absolute Gasteiger partial charge is 0.297 e. The van der Waals surface area contributed by atoms with Crippen molar-refractivity contribution in [2.75, 3.05) is 12.4 Å². The molecule has 2 saturated heterocycles. The van der Waals surface area contributed by atoms with E-state index in [1.54, 1.807) is 18.0 Å². The van der Waals surface area contributed by atoms with Gasteiger partial charge in [0.2, 0.25) is 6.29 Å². The molecular weight excluding hydrogens is 302 g/mol. The quantitative estimate of drug-likeness (QED) is 0.795. The van der Waals surface area contributed by atoms with Gasteiger partial charge in [-0.1, -0.05) is 43.4 Å². The van der Waals surface area contributed by atoms with Crippen LogP contribution in [0, 0.1) is 0 Å². The first-order valence-corrected chi connectivity index (χ1v) is 8.51. The van der Waals surface area contributed by atoms with Gasteiger partial charge < -0.3 is 0 Å². The third kappa shape index (κ3) is 2.58. The Morgan fingerprint density at radius 3 is 2.76 bits per heavy atom. The third-order valence-corrected chi connectivity index (χ3v) is 5.91. The number of benzene rings is 1. The molecule has 1 aromatic rings. The average molecular weight is 318 g/mol. The fraction of sp³-hybridized carbons (Fsp3) is 0.438. The van der Waals surface area contributed by atoms with Crippen LogP contribution in [0.15, 0.2) is 24.3 Å². The summed E-state index contributed by atoms with van der Waals surface area (Å²) in [7, 11) is 0. The summed E-state index contributed by atoms with van der Waals surface area (Å²) in [6.07, 6.45) is 2.73. The van der Waals surface area contributed by atoms with E-state index in [2.05, 4.69) is 19.1 Å². The second kappa shape index (κ2) is 5.99. The van der Waals surface area contributed by atoms with Crippen LogP contribution >= 0.6 is 24.0 Å². The van der Waals surface area contributed by atoms with Gasteiger partial charge in [0.15, 0.2) is 5.78 Å². The number of piperidine rings is 1. The minimum atomic E-state index is -0.570. The average Bonchev–Trinajstić information content (AvgIpc) is 2.92. The van der Waals surface area contributed by atoms with E-state index in [-0.39, 0.29) is 21.8 Å². The topological polar surface area (TPSA) is 37.4 Å². The number of thiocarbonyl (C=S) groups is 1. The van der Waals surface area contributed by atoms with Crippen LogP contribution < -0.4 is 0 Å². The van der Waals surface area contributed by atoms with E-state index >= 15 is 0 Å². The molecule has 2 aliphatic rings. The summed E-state index contributed by atoms with van der Waals surface area (Å²) in [5, 5.41) is 0.260. The van der Waals surface area contributed by atoms with E-state index in [0.717, 1.165) is 24.4 Å². The number of aryl methyl sites for hydroxylation is 1.